The van der Waals surface area contributed by atoms with Crippen molar-refractivity contribution in [3.05, 3.63) is 35.1 Å². The molecule has 0 bridgehead atoms. The van der Waals surface area contributed by atoms with Crippen molar-refractivity contribution < 1.29 is 4.39 Å². The molecule has 4 heteroatoms. The first-order valence-electron chi connectivity index (χ1n) is 5.93. The number of hydrogen-bond donors (Lipinski definition) is 1. The first-order chi connectivity index (χ1) is 8.10. The summed E-state index contributed by atoms with van der Waals surface area (Å²) in [5, 5.41) is 0. The first kappa shape index (κ1) is 12.5. The van der Waals surface area contributed by atoms with E-state index >= 15 is 0 Å². The van der Waals surface area contributed by atoms with E-state index in [9.17, 15) is 4.39 Å². The number of thiocarbonyl (C=S) groups is 1. The zero-order valence-corrected chi connectivity index (χ0v) is 10.8. The van der Waals surface area contributed by atoms with E-state index in [0.717, 1.165) is 18.7 Å². The zero-order valence-electron chi connectivity index (χ0n) is 9.95. The molecule has 0 heterocycles. The molecular weight excluding hydrogens is 235 g/mol. The summed E-state index contributed by atoms with van der Waals surface area (Å²) in [7, 11) is 0. The monoisotopic (exact) mass is 252 g/mol. The van der Waals surface area contributed by atoms with Crippen LogP contribution in [0.5, 0.6) is 0 Å². The standard InChI is InChI=1S/C13H17FN2S/c1-2-16(12-3-4-12)8-9-5-10(13(15)17)7-11(14)6-9/h5-7,12H,2-4,8H2,1H3,(H2,15,17). The van der Waals surface area contributed by atoms with Gasteiger partial charge in [-0.1, -0.05) is 19.1 Å². The van der Waals surface area contributed by atoms with Crippen LogP contribution in [0, 0.1) is 5.82 Å². The average Bonchev–Trinajstić information content (AvgIpc) is 3.09. The Labute approximate surface area is 107 Å². The minimum Gasteiger partial charge on any atom is -0.389 e. The smallest absolute Gasteiger partial charge is 0.124 e. The summed E-state index contributed by atoms with van der Waals surface area (Å²) in [5.41, 5.74) is 7.10. The molecule has 0 saturated heterocycles. The Morgan fingerprint density at radius 2 is 2.18 bits per heavy atom. The van der Waals surface area contributed by atoms with E-state index in [1.54, 1.807) is 6.07 Å². The Morgan fingerprint density at radius 3 is 2.71 bits per heavy atom. The van der Waals surface area contributed by atoms with E-state index in [0.29, 0.717) is 11.6 Å². The molecule has 1 aliphatic carbocycles. The molecule has 2 rings (SSSR count). The van der Waals surface area contributed by atoms with Gasteiger partial charge in [0.25, 0.3) is 0 Å². The van der Waals surface area contributed by atoms with Crippen LogP contribution in [0.25, 0.3) is 0 Å². The van der Waals surface area contributed by atoms with Crippen LogP contribution >= 0.6 is 12.2 Å². The lowest BCUT2D eigenvalue weighted by Crippen LogP contribution is -2.25. The van der Waals surface area contributed by atoms with Gasteiger partial charge in [0.2, 0.25) is 0 Å². The van der Waals surface area contributed by atoms with Gasteiger partial charge in [0, 0.05) is 18.2 Å². The van der Waals surface area contributed by atoms with Crippen molar-refractivity contribution in [2.45, 2.75) is 32.4 Å². The lowest BCUT2D eigenvalue weighted by molar-refractivity contribution is 0.269. The molecule has 0 radical (unpaired) electrons. The van der Waals surface area contributed by atoms with Crippen LogP contribution in [-0.2, 0) is 6.54 Å². The second kappa shape index (κ2) is 5.10. The number of benzene rings is 1. The molecule has 0 aliphatic heterocycles. The first-order valence-corrected chi connectivity index (χ1v) is 6.34. The van der Waals surface area contributed by atoms with Crippen molar-refractivity contribution in [3.8, 4) is 0 Å². The van der Waals surface area contributed by atoms with Gasteiger partial charge < -0.3 is 5.73 Å². The van der Waals surface area contributed by atoms with Crippen molar-refractivity contribution in [1.29, 1.82) is 0 Å². The normalized spacial score (nSPS) is 15.2. The van der Waals surface area contributed by atoms with E-state index in [4.69, 9.17) is 18.0 Å². The Morgan fingerprint density at radius 1 is 1.47 bits per heavy atom. The van der Waals surface area contributed by atoms with Gasteiger partial charge >= 0.3 is 0 Å². The number of nitrogens with zero attached hydrogens (tertiary/aromatic N) is 1. The summed E-state index contributed by atoms with van der Waals surface area (Å²) in [4.78, 5) is 2.61. The van der Waals surface area contributed by atoms with Crippen molar-refractivity contribution in [1.82, 2.24) is 4.90 Å². The van der Waals surface area contributed by atoms with Gasteiger partial charge in [0.15, 0.2) is 0 Å². The SMILES string of the molecule is CCN(Cc1cc(F)cc(C(N)=S)c1)C1CC1. The molecule has 0 aromatic heterocycles. The van der Waals surface area contributed by atoms with E-state index in [1.165, 1.54) is 18.9 Å². The molecule has 0 atom stereocenters. The molecule has 2 nitrogen and oxygen atoms in total. The topological polar surface area (TPSA) is 29.3 Å². The van der Waals surface area contributed by atoms with E-state index in [1.807, 2.05) is 6.07 Å². The second-order valence-corrected chi connectivity index (χ2v) is 4.95. The number of rotatable bonds is 5. The summed E-state index contributed by atoms with van der Waals surface area (Å²) in [5.74, 6) is -0.267. The van der Waals surface area contributed by atoms with E-state index < -0.39 is 0 Å². The fraction of sp³-hybridized carbons (Fsp3) is 0.462. The minimum absolute atomic E-state index is 0.250. The molecule has 1 saturated carbocycles. The van der Waals surface area contributed by atoms with Gasteiger partial charge in [-0.25, -0.2) is 4.39 Å². The van der Waals surface area contributed by atoms with Crippen LogP contribution in [0.3, 0.4) is 0 Å². The summed E-state index contributed by atoms with van der Waals surface area (Å²) < 4.78 is 13.4. The molecule has 17 heavy (non-hydrogen) atoms. The maximum atomic E-state index is 13.4. The Kier molecular flexibility index (Phi) is 3.74. The summed E-state index contributed by atoms with van der Waals surface area (Å²) >= 11 is 4.88. The lowest BCUT2D eigenvalue weighted by Gasteiger charge is -2.20. The van der Waals surface area contributed by atoms with Crippen molar-refractivity contribution in [2.75, 3.05) is 6.54 Å². The molecule has 92 valence electrons. The molecule has 0 amide bonds. The molecular formula is C13H17FN2S. The number of nitrogens with two attached hydrogens (primary N) is 1. The minimum atomic E-state index is -0.267. The number of halogens is 1. The van der Waals surface area contributed by atoms with Crippen LogP contribution in [0.1, 0.15) is 30.9 Å². The molecule has 2 N–H and O–H groups in total. The molecule has 1 aliphatic rings. The van der Waals surface area contributed by atoms with E-state index in [2.05, 4.69) is 11.8 Å². The van der Waals surface area contributed by atoms with Gasteiger partial charge in [-0.2, -0.15) is 0 Å². The summed E-state index contributed by atoms with van der Waals surface area (Å²) in [6.07, 6.45) is 2.51. The summed E-state index contributed by atoms with van der Waals surface area (Å²) in [6, 6.07) is 5.51. The average molecular weight is 252 g/mol. The highest BCUT2D eigenvalue weighted by atomic mass is 32.1. The zero-order chi connectivity index (χ0) is 12.4. The van der Waals surface area contributed by atoms with Crippen molar-refractivity contribution in [3.63, 3.8) is 0 Å². The van der Waals surface area contributed by atoms with Gasteiger partial charge in [-0.3, -0.25) is 4.90 Å². The second-order valence-electron chi connectivity index (χ2n) is 4.51. The van der Waals surface area contributed by atoms with Crippen molar-refractivity contribution >= 4 is 17.2 Å². The third-order valence-corrected chi connectivity index (χ3v) is 3.33. The third kappa shape index (κ3) is 3.23. The maximum absolute atomic E-state index is 13.4. The van der Waals surface area contributed by atoms with Crippen LogP contribution < -0.4 is 5.73 Å². The highest BCUT2D eigenvalue weighted by Crippen LogP contribution is 2.28. The molecule has 0 spiro atoms. The fourth-order valence-corrected chi connectivity index (χ4v) is 2.18. The van der Waals surface area contributed by atoms with Crippen LogP contribution in [0.2, 0.25) is 0 Å². The Bertz CT molecular complexity index is 429. The Hall–Kier alpha value is -1.00. The molecule has 1 fully saturated rings. The molecule has 1 aromatic rings. The van der Waals surface area contributed by atoms with Gasteiger partial charge in [0.05, 0.1) is 0 Å². The third-order valence-electron chi connectivity index (χ3n) is 3.10. The van der Waals surface area contributed by atoms with Crippen LogP contribution in [0.4, 0.5) is 4.39 Å². The predicted octanol–water partition coefficient (Wildman–Crippen LogP) is 2.44. The van der Waals surface area contributed by atoms with E-state index in [-0.39, 0.29) is 10.8 Å². The van der Waals surface area contributed by atoms with Crippen molar-refractivity contribution in [2.24, 2.45) is 5.73 Å². The largest absolute Gasteiger partial charge is 0.389 e. The number of hydrogen-bond acceptors (Lipinski definition) is 2. The fourth-order valence-electron chi connectivity index (χ4n) is 2.06. The predicted molar refractivity (Wildman–Crippen MR) is 71.4 cm³/mol. The van der Waals surface area contributed by atoms with Gasteiger partial charge in [0.1, 0.15) is 10.8 Å². The van der Waals surface area contributed by atoms with Crippen LogP contribution in [0.15, 0.2) is 18.2 Å². The van der Waals surface area contributed by atoms with Gasteiger partial charge in [-0.15, -0.1) is 0 Å². The molecule has 0 unspecified atom stereocenters. The highest BCUT2D eigenvalue weighted by molar-refractivity contribution is 7.80. The summed E-state index contributed by atoms with van der Waals surface area (Å²) in [6.45, 7) is 3.89. The van der Waals surface area contributed by atoms with Gasteiger partial charge in [-0.05, 0) is 43.1 Å². The lowest BCUT2D eigenvalue weighted by atomic mass is 10.1. The highest BCUT2D eigenvalue weighted by Gasteiger charge is 2.27. The quantitative estimate of drug-likeness (QED) is 0.816. The van der Waals surface area contributed by atoms with Crippen LogP contribution in [-0.4, -0.2) is 22.5 Å². The Balaban J connectivity index is 2.16. The molecule has 1 aromatic carbocycles. The maximum Gasteiger partial charge on any atom is 0.124 e.